The van der Waals surface area contributed by atoms with Gasteiger partial charge in [-0.2, -0.15) is 0 Å². The molecule has 0 bridgehead atoms. The fraction of sp³-hybridized carbons (Fsp3) is 0.800. The van der Waals surface area contributed by atoms with Crippen LogP contribution in [0.4, 0.5) is 8.78 Å². The van der Waals surface area contributed by atoms with Crippen LogP contribution < -0.4 is 0 Å². The van der Waals surface area contributed by atoms with Gasteiger partial charge in [0.05, 0.1) is 5.25 Å². The van der Waals surface area contributed by atoms with Crippen molar-refractivity contribution in [2.75, 3.05) is 0 Å². The summed E-state index contributed by atoms with van der Waals surface area (Å²) in [7, 11) is 0. The highest BCUT2D eigenvalue weighted by Gasteiger charge is 2.48. The molecule has 0 N–H and O–H groups in total. The molecule has 0 aromatic heterocycles. The van der Waals surface area contributed by atoms with Crippen LogP contribution in [-0.4, -0.2) is 11.2 Å². The summed E-state index contributed by atoms with van der Waals surface area (Å²) in [5.41, 5.74) is 0. The lowest BCUT2D eigenvalue weighted by atomic mass is 9.94. The van der Waals surface area contributed by atoms with Crippen molar-refractivity contribution in [3.63, 3.8) is 0 Å². The van der Waals surface area contributed by atoms with Crippen molar-refractivity contribution in [2.24, 2.45) is 0 Å². The van der Waals surface area contributed by atoms with Gasteiger partial charge in [0.15, 0.2) is 0 Å². The Kier molecular flexibility index (Phi) is 1.62. The zero-order chi connectivity index (χ0) is 6.91. The van der Waals surface area contributed by atoms with Crippen molar-refractivity contribution < 1.29 is 8.78 Å². The Hall–Kier alpha value is -0.300. The van der Waals surface area contributed by atoms with E-state index in [9.17, 15) is 8.78 Å². The third-order valence-electron chi connectivity index (χ3n) is 1.25. The Morgan fingerprint density at radius 1 is 1.56 bits per heavy atom. The maximum atomic E-state index is 12.0. The third kappa shape index (κ3) is 1.55. The molecule has 0 aromatic rings. The number of nitrogens with zero attached hydrogens (tertiary/aromatic N) is 1. The zero-order valence-corrected chi connectivity index (χ0v) is 5.42. The molecule has 1 fully saturated rings. The maximum absolute atomic E-state index is 12.0. The minimum Gasteiger partial charge on any atom is -0.229 e. The number of alkyl halides is 2. The summed E-state index contributed by atoms with van der Waals surface area (Å²) in [6.07, 6.45) is -0.222. The topological polar surface area (TPSA) is 4.36 Å². The molecule has 1 aliphatic carbocycles. The maximum Gasteiger partial charge on any atom is 0.260 e. The first-order valence-corrected chi connectivity index (χ1v) is 3.38. The Labute approximate surface area is 56.4 Å². The van der Waals surface area contributed by atoms with Crippen LogP contribution in [-0.2, 0) is 0 Å². The summed E-state index contributed by atoms with van der Waals surface area (Å²) < 4.78 is 26.9. The first-order chi connectivity index (χ1) is 4.14. The summed E-state index contributed by atoms with van der Waals surface area (Å²) in [5.74, 6) is -2.47. The van der Waals surface area contributed by atoms with Crippen LogP contribution in [0.25, 0.3) is 4.25 Å². The second-order valence-electron chi connectivity index (χ2n) is 2.08. The van der Waals surface area contributed by atoms with Crippen LogP contribution in [0, 0.1) is 6.57 Å². The van der Waals surface area contributed by atoms with Gasteiger partial charge in [-0.1, -0.05) is 0 Å². The van der Waals surface area contributed by atoms with E-state index in [2.05, 4.69) is 4.25 Å². The van der Waals surface area contributed by atoms with Gasteiger partial charge in [0, 0.05) is 12.8 Å². The normalized spacial score (nSPS) is 24.6. The molecule has 0 aromatic carbocycles. The van der Waals surface area contributed by atoms with E-state index >= 15 is 0 Å². The van der Waals surface area contributed by atoms with Gasteiger partial charge in [0.1, 0.15) is 0 Å². The molecule has 1 saturated carbocycles. The van der Waals surface area contributed by atoms with Gasteiger partial charge in [-0.05, 0) is 0 Å². The fourth-order valence-electron chi connectivity index (χ4n) is 0.755. The highest BCUT2D eigenvalue weighted by Crippen LogP contribution is 2.44. The number of hydrogen-bond acceptors (Lipinski definition) is 1. The van der Waals surface area contributed by atoms with Crippen molar-refractivity contribution in [2.45, 2.75) is 24.0 Å². The van der Waals surface area contributed by atoms with Crippen molar-refractivity contribution >= 4 is 11.9 Å². The summed E-state index contributed by atoms with van der Waals surface area (Å²) in [5, 5.41) is -0.113. The predicted molar refractivity (Wildman–Crippen MR) is 32.2 cm³/mol. The molecule has 0 atom stereocenters. The van der Waals surface area contributed by atoms with E-state index in [1.165, 1.54) is 0 Å². The van der Waals surface area contributed by atoms with E-state index in [4.69, 9.17) is 6.57 Å². The molecule has 9 heavy (non-hydrogen) atoms. The molecule has 50 valence electrons. The molecule has 4 heteroatoms. The lowest BCUT2D eigenvalue weighted by Crippen LogP contribution is -2.36. The van der Waals surface area contributed by atoms with E-state index < -0.39 is 5.92 Å². The summed E-state index contributed by atoms with van der Waals surface area (Å²) in [4.78, 5) is 0. The van der Waals surface area contributed by atoms with E-state index in [0.29, 0.717) is 0 Å². The second-order valence-corrected chi connectivity index (χ2v) is 3.14. The molecule has 0 unspecified atom stereocenters. The molecule has 0 heterocycles. The minimum atomic E-state index is -2.47. The Morgan fingerprint density at radius 2 is 2.11 bits per heavy atom. The summed E-state index contributed by atoms with van der Waals surface area (Å²) in [6, 6.07) is 0. The number of hydrogen-bond donors (Lipinski definition) is 0. The van der Waals surface area contributed by atoms with E-state index in [-0.39, 0.29) is 18.1 Å². The summed E-state index contributed by atoms with van der Waals surface area (Å²) >= 11 is 0.932. The van der Waals surface area contributed by atoms with E-state index in [0.717, 1.165) is 11.9 Å². The first-order valence-electron chi connectivity index (χ1n) is 2.54. The number of rotatable bonds is 1. The smallest absolute Gasteiger partial charge is 0.229 e. The van der Waals surface area contributed by atoms with Crippen molar-refractivity contribution in [1.82, 2.24) is 0 Å². The molecule has 1 nitrogen and oxygen atoms in total. The van der Waals surface area contributed by atoms with Gasteiger partial charge in [-0.25, -0.2) is 19.6 Å². The average Bonchev–Trinajstić information content (AvgIpc) is 1.62. The monoisotopic (exact) mass is 149 g/mol. The third-order valence-corrected chi connectivity index (χ3v) is 1.99. The van der Waals surface area contributed by atoms with Crippen LogP contribution in [0.5, 0.6) is 0 Å². The fourth-order valence-corrected chi connectivity index (χ4v) is 1.54. The van der Waals surface area contributed by atoms with Crippen LogP contribution in [0.3, 0.4) is 0 Å². The van der Waals surface area contributed by atoms with Gasteiger partial charge in [0.2, 0.25) is 0 Å². The quantitative estimate of drug-likeness (QED) is 0.409. The summed E-state index contributed by atoms with van der Waals surface area (Å²) in [6.45, 7) is 6.34. The predicted octanol–water partition coefficient (Wildman–Crippen LogP) is 2.35. The van der Waals surface area contributed by atoms with Crippen molar-refractivity contribution in [3.8, 4) is 0 Å². The van der Waals surface area contributed by atoms with Crippen molar-refractivity contribution in [1.29, 1.82) is 0 Å². The van der Waals surface area contributed by atoms with E-state index in [1.807, 2.05) is 0 Å². The largest absolute Gasteiger partial charge is 0.260 e. The zero-order valence-electron chi connectivity index (χ0n) is 4.60. The van der Waals surface area contributed by atoms with Crippen molar-refractivity contribution in [3.05, 3.63) is 10.8 Å². The molecule has 0 saturated heterocycles. The molecular formula is C5H5F2NS. The van der Waals surface area contributed by atoms with E-state index in [1.54, 1.807) is 0 Å². The van der Waals surface area contributed by atoms with Gasteiger partial charge in [-0.15, -0.1) is 0 Å². The minimum absolute atomic E-state index is 0.111. The highest BCUT2D eigenvalue weighted by molar-refractivity contribution is 8.01. The molecule has 1 rings (SSSR count). The van der Waals surface area contributed by atoms with Crippen LogP contribution in [0.15, 0.2) is 0 Å². The van der Waals surface area contributed by atoms with Crippen LogP contribution >= 0.6 is 11.9 Å². The average molecular weight is 149 g/mol. The molecule has 1 aliphatic rings. The molecule has 0 aliphatic heterocycles. The second kappa shape index (κ2) is 2.14. The lowest BCUT2D eigenvalue weighted by molar-refractivity contribution is -0.0665. The highest BCUT2D eigenvalue weighted by atomic mass is 32.2. The molecule has 0 amide bonds. The number of halogens is 2. The molecular weight excluding hydrogens is 144 g/mol. The SMILES string of the molecule is [C-]#[N+]SC1CC(F)(F)C1. The lowest BCUT2D eigenvalue weighted by Gasteiger charge is -2.29. The van der Waals surface area contributed by atoms with Gasteiger partial charge < -0.3 is 0 Å². The Bertz CT molecular complexity index is 144. The Morgan fingerprint density at radius 3 is 2.44 bits per heavy atom. The molecule has 0 spiro atoms. The van der Waals surface area contributed by atoms with Crippen LogP contribution in [0.1, 0.15) is 12.8 Å². The first kappa shape index (κ1) is 6.81. The van der Waals surface area contributed by atoms with Gasteiger partial charge in [-0.3, -0.25) is 0 Å². The molecule has 0 radical (unpaired) electrons. The Balaban J connectivity index is 2.21. The van der Waals surface area contributed by atoms with Crippen LogP contribution in [0.2, 0.25) is 0 Å². The standard InChI is InChI=1S/C5H5F2NS/c1-8-9-4-2-5(6,7)3-4/h4H,2-3H2. The van der Waals surface area contributed by atoms with Gasteiger partial charge >= 0.3 is 0 Å². The van der Waals surface area contributed by atoms with Gasteiger partial charge in [0.25, 0.3) is 17.9 Å².